The van der Waals surface area contributed by atoms with Gasteiger partial charge in [-0.25, -0.2) is 4.39 Å². The van der Waals surface area contributed by atoms with Crippen LogP contribution in [0.1, 0.15) is 48.3 Å². The zero-order chi connectivity index (χ0) is 18.7. The molecule has 0 aromatic heterocycles. The van der Waals surface area contributed by atoms with Crippen LogP contribution in [0.15, 0.2) is 42.5 Å². The van der Waals surface area contributed by atoms with Crippen molar-refractivity contribution in [2.75, 3.05) is 0 Å². The number of rotatable bonds is 5. The average Bonchev–Trinajstić information content (AvgIpc) is 2.63. The van der Waals surface area contributed by atoms with Crippen molar-refractivity contribution in [3.05, 3.63) is 65.0 Å². The molecule has 1 fully saturated rings. The van der Waals surface area contributed by atoms with Crippen molar-refractivity contribution in [3.63, 3.8) is 0 Å². The molecule has 0 unspecified atom stereocenters. The van der Waals surface area contributed by atoms with Crippen LogP contribution < -0.4 is 4.74 Å². The molecule has 1 aliphatic rings. The number of benzene rings is 2. The second kappa shape index (κ2) is 7.87. The molecule has 0 amide bonds. The van der Waals surface area contributed by atoms with Gasteiger partial charge in [0.1, 0.15) is 11.6 Å². The molecule has 0 atom stereocenters. The van der Waals surface area contributed by atoms with Crippen LogP contribution in [0.5, 0.6) is 5.75 Å². The highest BCUT2D eigenvalue weighted by molar-refractivity contribution is 6.08. The summed E-state index contributed by atoms with van der Waals surface area (Å²) in [5.74, 6) is 0.194. The van der Waals surface area contributed by atoms with Gasteiger partial charge in [-0.3, -0.25) is 0 Å². The number of ether oxygens (including phenoxy) is 1. The van der Waals surface area contributed by atoms with Crippen molar-refractivity contribution in [2.45, 2.75) is 50.7 Å². The first kappa shape index (κ1) is 19.0. The smallest absolute Gasteiger partial charge is 0.429 e. The maximum atomic E-state index is 14.5. The van der Waals surface area contributed by atoms with E-state index in [9.17, 15) is 13.2 Å². The van der Waals surface area contributed by atoms with E-state index in [0.29, 0.717) is 0 Å². The molecule has 1 aliphatic carbocycles. The Hall–Kier alpha value is -1.75. The highest BCUT2D eigenvalue weighted by Crippen LogP contribution is 2.39. The summed E-state index contributed by atoms with van der Waals surface area (Å²) in [5, 5.41) is 0. The molecule has 140 valence electrons. The van der Waals surface area contributed by atoms with Gasteiger partial charge in [-0.2, -0.15) is 8.78 Å². The molecule has 3 rings (SSSR count). The summed E-state index contributed by atoms with van der Waals surface area (Å²) in [6.45, 7) is 1.86. The van der Waals surface area contributed by atoms with Crippen LogP contribution in [-0.2, 0) is 6.11 Å². The Balaban J connectivity index is 1.75. The van der Waals surface area contributed by atoms with Crippen LogP contribution in [0, 0.1) is 18.7 Å². The lowest BCUT2D eigenvalue weighted by Crippen LogP contribution is -2.23. The first-order valence-electron chi connectivity index (χ1n) is 9.32. The maximum Gasteiger partial charge on any atom is 0.429 e. The van der Waals surface area contributed by atoms with Crippen molar-refractivity contribution in [1.29, 1.82) is 0 Å². The van der Waals surface area contributed by atoms with E-state index in [0.717, 1.165) is 42.7 Å². The molecule has 1 nitrogen and oxygen atoms in total. The Morgan fingerprint density at radius 1 is 1.04 bits per heavy atom. The molecule has 2 aromatic rings. The monoisotopic (exact) mass is 378 g/mol. The third-order valence-electron chi connectivity index (χ3n) is 5.47. The van der Waals surface area contributed by atoms with Gasteiger partial charge in [-0.05, 0) is 61.4 Å². The zero-order valence-corrected chi connectivity index (χ0v) is 17.3. The fourth-order valence-corrected chi connectivity index (χ4v) is 4.55. The van der Waals surface area contributed by atoms with Gasteiger partial charge in [-0.1, -0.05) is 42.6 Å². The predicted octanol–water partition coefficient (Wildman–Crippen LogP) is 5.32. The molecular formula is C21H25F3OSi. The average molecular weight is 379 g/mol. The van der Waals surface area contributed by atoms with E-state index >= 15 is 0 Å². The Labute approximate surface area is 156 Å². The SMILES string of the molecule is Cc1ccc(OC(F)(F)c2ccc(C3CCC(C[SiH3])CC3)cc2F)cc1. The van der Waals surface area contributed by atoms with Crippen molar-refractivity contribution in [1.82, 2.24) is 0 Å². The molecule has 0 spiro atoms. The highest BCUT2D eigenvalue weighted by atomic mass is 28.1. The van der Waals surface area contributed by atoms with E-state index in [1.165, 1.54) is 40.6 Å². The number of aryl methyl sites for hydroxylation is 1. The van der Waals surface area contributed by atoms with Crippen LogP contribution in [0.4, 0.5) is 13.2 Å². The molecule has 2 aromatic carbocycles. The number of alkyl halides is 2. The molecular weight excluding hydrogens is 353 g/mol. The zero-order valence-electron chi connectivity index (χ0n) is 15.3. The molecule has 0 bridgehead atoms. The van der Waals surface area contributed by atoms with Crippen LogP contribution in [-0.4, -0.2) is 10.2 Å². The third kappa shape index (κ3) is 4.31. The van der Waals surface area contributed by atoms with Crippen molar-refractivity contribution in [2.24, 2.45) is 5.92 Å². The van der Waals surface area contributed by atoms with Crippen molar-refractivity contribution >= 4 is 10.2 Å². The lowest BCUT2D eigenvalue weighted by Gasteiger charge is -2.28. The van der Waals surface area contributed by atoms with E-state index in [1.54, 1.807) is 18.2 Å². The molecule has 0 saturated heterocycles. The first-order valence-corrected chi connectivity index (χ1v) is 10.7. The number of halogens is 3. The number of hydrogen-bond donors (Lipinski definition) is 0. The van der Waals surface area contributed by atoms with Crippen LogP contribution in [0.25, 0.3) is 0 Å². The summed E-state index contributed by atoms with van der Waals surface area (Å²) in [7, 11) is 1.22. The molecule has 0 heterocycles. The van der Waals surface area contributed by atoms with Crippen molar-refractivity contribution < 1.29 is 17.9 Å². The summed E-state index contributed by atoms with van der Waals surface area (Å²) in [5.41, 5.74) is 1.05. The summed E-state index contributed by atoms with van der Waals surface area (Å²) >= 11 is 0. The molecule has 0 radical (unpaired) electrons. The summed E-state index contributed by atoms with van der Waals surface area (Å²) in [6, 6.07) is 11.7. The normalized spacial score (nSPS) is 20.9. The van der Waals surface area contributed by atoms with E-state index in [2.05, 4.69) is 0 Å². The lowest BCUT2D eigenvalue weighted by atomic mass is 9.79. The standard InChI is InChI=1S/C21H25F3OSi/c1-14-2-9-18(10-3-14)25-21(23,24)19-11-8-17(12-20(19)22)16-6-4-15(13-26)5-7-16/h2-3,8-12,15-16H,4-7,13H2,1,26H3. The quantitative estimate of drug-likeness (QED) is 0.640. The summed E-state index contributed by atoms with van der Waals surface area (Å²) in [6.07, 6.45) is 0.640. The Bertz CT molecular complexity index is 737. The van der Waals surface area contributed by atoms with Gasteiger partial charge in [0.2, 0.25) is 0 Å². The summed E-state index contributed by atoms with van der Waals surface area (Å²) in [4.78, 5) is 0. The fourth-order valence-electron chi connectivity index (χ4n) is 3.73. The van der Waals surface area contributed by atoms with E-state index < -0.39 is 17.5 Å². The molecule has 26 heavy (non-hydrogen) atoms. The third-order valence-corrected chi connectivity index (χ3v) is 6.62. The fraction of sp³-hybridized carbons (Fsp3) is 0.429. The Morgan fingerprint density at radius 3 is 2.27 bits per heavy atom. The molecule has 0 N–H and O–H groups in total. The van der Waals surface area contributed by atoms with Gasteiger partial charge in [0, 0.05) is 10.2 Å². The predicted molar refractivity (Wildman–Crippen MR) is 102 cm³/mol. The van der Waals surface area contributed by atoms with E-state index in [-0.39, 0.29) is 11.7 Å². The second-order valence-corrected chi connectivity index (χ2v) is 8.11. The van der Waals surface area contributed by atoms with Crippen molar-refractivity contribution in [3.8, 4) is 5.75 Å². The summed E-state index contributed by atoms with van der Waals surface area (Å²) < 4.78 is 48.1. The second-order valence-electron chi connectivity index (χ2n) is 7.30. The largest absolute Gasteiger partial charge is 0.429 e. The van der Waals surface area contributed by atoms with Gasteiger partial charge in [0.15, 0.2) is 0 Å². The number of hydrogen-bond acceptors (Lipinski definition) is 1. The van der Waals surface area contributed by atoms with Gasteiger partial charge in [0.05, 0.1) is 5.56 Å². The van der Waals surface area contributed by atoms with E-state index in [1.807, 2.05) is 6.92 Å². The minimum atomic E-state index is -3.71. The molecule has 5 heteroatoms. The van der Waals surface area contributed by atoms with Crippen LogP contribution in [0.2, 0.25) is 6.04 Å². The minimum Gasteiger partial charge on any atom is -0.429 e. The van der Waals surface area contributed by atoms with Gasteiger partial charge >= 0.3 is 6.11 Å². The molecule has 0 aliphatic heterocycles. The van der Waals surface area contributed by atoms with Gasteiger partial charge < -0.3 is 4.74 Å². The highest BCUT2D eigenvalue weighted by Gasteiger charge is 2.38. The van der Waals surface area contributed by atoms with E-state index in [4.69, 9.17) is 4.74 Å². The Kier molecular flexibility index (Phi) is 5.75. The van der Waals surface area contributed by atoms with Gasteiger partial charge in [0.25, 0.3) is 0 Å². The van der Waals surface area contributed by atoms with Crippen LogP contribution in [0.3, 0.4) is 0 Å². The Morgan fingerprint density at radius 2 is 1.69 bits per heavy atom. The lowest BCUT2D eigenvalue weighted by molar-refractivity contribution is -0.187. The topological polar surface area (TPSA) is 9.23 Å². The van der Waals surface area contributed by atoms with Gasteiger partial charge in [-0.15, -0.1) is 0 Å². The minimum absolute atomic E-state index is 0.0190. The maximum absolute atomic E-state index is 14.5. The first-order chi connectivity index (χ1) is 12.4. The van der Waals surface area contributed by atoms with Crippen LogP contribution >= 0.6 is 0 Å². The molecule has 1 saturated carbocycles.